The summed E-state index contributed by atoms with van der Waals surface area (Å²) in [7, 11) is -3.53. The molecule has 0 aliphatic heterocycles. The second-order valence-electron chi connectivity index (χ2n) is 13.1. The molecule has 66 heavy (non-hydrogen) atoms. The lowest BCUT2D eigenvalue weighted by Crippen LogP contribution is -2.07. The molecule has 1 N–H and O–H groups in total. The zero-order valence-electron chi connectivity index (χ0n) is 35.2. The van der Waals surface area contributed by atoms with Crippen molar-refractivity contribution in [2.24, 2.45) is 0 Å². The van der Waals surface area contributed by atoms with Crippen molar-refractivity contribution in [3.63, 3.8) is 0 Å². The summed E-state index contributed by atoms with van der Waals surface area (Å²) in [5.74, 6) is 0.908. The van der Waals surface area contributed by atoms with Crippen LogP contribution in [0.1, 0.15) is 31.1 Å². The number of carbonyl (C=O) groups excluding carboxylic acids is 3. The number of sulfone groups is 1. The van der Waals surface area contributed by atoms with Gasteiger partial charge in [0, 0.05) is 66.1 Å². The monoisotopic (exact) mass is 956 g/mol. The molecule has 9 aromatic rings. The lowest BCUT2D eigenvalue weighted by atomic mass is 10.1. The number of aldehydes is 3. The number of H-pyrrole nitrogens is 1. The highest BCUT2D eigenvalue weighted by Gasteiger charge is 2.16. The molecule has 0 spiro atoms. The number of benzene rings is 3. The topological polar surface area (TPSA) is 227 Å². The third-order valence-corrected chi connectivity index (χ3v) is 10.9. The lowest BCUT2D eigenvalue weighted by Gasteiger charge is -2.02. The van der Waals surface area contributed by atoms with Crippen LogP contribution in [0, 0.1) is 0 Å². The molecule has 6 aromatic heterocycles. The van der Waals surface area contributed by atoms with Gasteiger partial charge in [-0.25, -0.2) is 42.7 Å². The van der Waals surface area contributed by atoms with E-state index in [4.69, 9.17) is 11.6 Å². The van der Waals surface area contributed by atoms with Gasteiger partial charge in [-0.1, -0.05) is 126 Å². The molecule has 0 bridgehead atoms. The van der Waals surface area contributed by atoms with Crippen LogP contribution in [0.15, 0.2) is 162 Å². The molecule has 17 nitrogen and oxygen atoms in total. The summed E-state index contributed by atoms with van der Waals surface area (Å²) < 4.78 is 26.1. The zero-order valence-corrected chi connectivity index (χ0v) is 38.4. The van der Waals surface area contributed by atoms with Crippen molar-refractivity contribution in [1.82, 2.24) is 59.7 Å². The molecule has 0 aliphatic carbocycles. The van der Waals surface area contributed by atoms with Gasteiger partial charge in [-0.15, -0.1) is 0 Å². The molecule has 0 radical (unpaired) electrons. The Hall–Kier alpha value is -7.52. The molecule has 0 amide bonds. The molecule has 21 heteroatoms. The molecule has 9 rings (SSSR count). The zero-order chi connectivity index (χ0) is 46.9. The van der Waals surface area contributed by atoms with Gasteiger partial charge in [0.1, 0.15) is 16.5 Å². The SMILES string of the molecule is CS(=O)(=O)c1nccc(-n2cc(C=O)c(-c3ccccc3)n2)n1.CSc1nccc(-n2cc(C=O)c(-c3ccccc3)n2)n1.CSc1nccc(Cl)n1.O=Cc1cn[nH]c1-c1ccccc1. The van der Waals surface area contributed by atoms with E-state index in [1.807, 2.05) is 104 Å². The van der Waals surface area contributed by atoms with Crippen LogP contribution < -0.4 is 0 Å². The molecule has 0 saturated heterocycles. The molecule has 0 aliphatic rings. The van der Waals surface area contributed by atoms with Crippen LogP contribution in [0.4, 0.5) is 0 Å². The largest absolute Gasteiger partial charge is 0.298 e. The number of carbonyl (C=O) groups is 3. The van der Waals surface area contributed by atoms with Crippen LogP contribution in [-0.4, -0.2) is 106 Å². The van der Waals surface area contributed by atoms with E-state index in [2.05, 4.69) is 50.3 Å². The average molecular weight is 958 g/mol. The van der Waals surface area contributed by atoms with E-state index in [0.717, 1.165) is 41.2 Å². The number of hydrogen-bond donors (Lipinski definition) is 1. The van der Waals surface area contributed by atoms with Gasteiger partial charge < -0.3 is 0 Å². The molecule has 3 aromatic carbocycles. The van der Waals surface area contributed by atoms with Gasteiger partial charge in [0.2, 0.25) is 15.0 Å². The fourth-order valence-corrected chi connectivity index (χ4v) is 7.06. The third-order valence-electron chi connectivity index (χ3n) is 8.69. The Balaban J connectivity index is 0.000000154. The number of aromatic amines is 1. The minimum Gasteiger partial charge on any atom is -0.298 e. The smallest absolute Gasteiger partial charge is 0.248 e. The predicted molar refractivity (Wildman–Crippen MR) is 253 cm³/mol. The van der Waals surface area contributed by atoms with E-state index in [1.165, 1.54) is 52.9 Å². The molecular formula is C45H37ClN12O5S3. The Bertz CT molecular complexity index is 3140. The molecular weight excluding hydrogens is 920 g/mol. The number of nitrogens with one attached hydrogen (secondary N) is 1. The van der Waals surface area contributed by atoms with Crippen LogP contribution in [0.5, 0.6) is 0 Å². The van der Waals surface area contributed by atoms with Crippen LogP contribution in [0.3, 0.4) is 0 Å². The summed E-state index contributed by atoms with van der Waals surface area (Å²) in [4.78, 5) is 57.2. The number of thioether (sulfide) groups is 2. The fraction of sp³-hybridized carbons (Fsp3) is 0.0667. The number of hydrogen-bond acceptors (Lipinski definition) is 16. The number of rotatable bonds is 11. The normalized spacial score (nSPS) is 10.5. The van der Waals surface area contributed by atoms with E-state index in [0.29, 0.717) is 55.6 Å². The summed E-state index contributed by atoms with van der Waals surface area (Å²) in [5.41, 5.74) is 6.09. The first-order valence-corrected chi connectivity index (χ1v) is 23.9. The molecule has 332 valence electrons. The van der Waals surface area contributed by atoms with Gasteiger partial charge in [0.05, 0.1) is 28.6 Å². The second-order valence-corrected chi connectivity index (χ2v) is 17.0. The van der Waals surface area contributed by atoms with E-state index < -0.39 is 9.84 Å². The summed E-state index contributed by atoms with van der Waals surface area (Å²) in [6, 6.07) is 33.4. The van der Waals surface area contributed by atoms with Crippen molar-refractivity contribution < 1.29 is 22.8 Å². The fourth-order valence-electron chi connectivity index (χ4n) is 5.66. The van der Waals surface area contributed by atoms with Crippen molar-refractivity contribution in [3.8, 4) is 45.4 Å². The van der Waals surface area contributed by atoms with E-state index in [9.17, 15) is 22.8 Å². The van der Waals surface area contributed by atoms with E-state index >= 15 is 0 Å². The lowest BCUT2D eigenvalue weighted by molar-refractivity contribution is 0.111. The van der Waals surface area contributed by atoms with Gasteiger partial charge in [0.25, 0.3) is 0 Å². The molecule has 0 fully saturated rings. The Morgan fingerprint density at radius 2 is 1.03 bits per heavy atom. The summed E-state index contributed by atoms with van der Waals surface area (Å²) in [6.45, 7) is 0. The second kappa shape index (κ2) is 23.4. The first-order valence-electron chi connectivity index (χ1n) is 19.2. The first kappa shape index (κ1) is 47.9. The summed E-state index contributed by atoms with van der Waals surface area (Å²) in [6.07, 6.45) is 16.5. The van der Waals surface area contributed by atoms with Gasteiger partial charge in [-0.05, 0) is 18.6 Å². The highest BCUT2D eigenvalue weighted by atomic mass is 35.5. The molecule has 0 saturated carbocycles. The van der Waals surface area contributed by atoms with Crippen molar-refractivity contribution >= 4 is 63.8 Å². The minimum atomic E-state index is -3.53. The van der Waals surface area contributed by atoms with Gasteiger partial charge >= 0.3 is 0 Å². The summed E-state index contributed by atoms with van der Waals surface area (Å²) >= 11 is 8.49. The minimum absolute atomic E-state index is 0.269. The van der Waals surface area contributed by atoms with Crippen LogP contribution in [0.2, 0.25) is 5.15 Å². The van der Waals surface area contributed by atoms with Crippen molar-refractivity contribution in [2.75, 3.05) is 18.8 Å². The van der Waals surface area contributed by atoms with E-state index in [1.54, 1.807) is 35.4 Å². The van der Waals surface area contributed by atoms with Crippen LogP contribution >= 0.6 is 35.1 Å². The van der Waals surface area contributed by atoms with Crippen LogP contribution in [0.25, 0.3) is 45.4 Å². The standard InChI is InChI=1S/C15H12N4O3S.C15H12N4OS.C10H8N2O.C5H5ClN2S/c1-23(21,22)15-16-8-7-13(17-15)19-9-12(10-20)14(18-19)11-5-3-2-4-6-11;1-21-15-16-8-7-13(17-15)19-9-12(10-20)14(18-19)11-5-3-2-4-6-11;13-7-9-6-11-12-10(9)8-4-2-1-3-5-8;1-9-5-7-3-2-4(6)8-5/h2-10H,1H3;2-10H,1H3;1-7H,(H,11,12);2-3H,1H3. The average Bonchev–Trinajstić information content (AvgIpc) is 4.15. The summed E-state index contributed by atoms with van der Waals surface area (Å²) in [5, 5.41) is 17.0. The number of aromatic nitrogens is 12. The molecule has 6 heterocycles. The van der Waals surface area contributed by atoms with Gasteiger partial charge in [-0.2, -0.15) is 20.3 Å². The maximum absolute atomic E-state index is 11.6. The predicted octanol–water partition coefficient (Wildman–Crippen LogP) is 8.15. The number of halogens is 1. The Morgan fingerprint density at radius 3 is 1.48 bits per heavy atom. The first-order chi connectivity index (χ1) is 32.0. The maximum atomic E-state index is 11.6. The Labute approximate surface area is 392 Å². The van der Waals surface area contributed by atoms with Gasteiger partial charge in [-0.3, -0.25) is 19.5 Å². The van der Waals surface area contributed by atoms with Crippen molar-refractivity contribution in [1.29, 1.82) is 0 Å². The molecule has 0 unspecified atom stereocenters. The highest BCUT2D eigenvalue weighted by Crippen LogP contribution is 2.24. The molecule has 0 atom stereocenters. The quantitative estimate of drug-likeness (QED) is 0.0558. The van der Waals surface area contributed by atoms with Crippen molar-refractivity contribution in [2.45, 2.75) is 15.5 Å². The van der Waals surface area contributed by atoms with Crippen molar-refractivity contribution in [3.05, 3.63) is 168 Å². The van der Waals surface area contributed by atoms with Gasteiger partial charge in [0.15, 0.2) is 40.8 Å². The third kappa shape index (κ3) is 12.8. The Kier molecular flexibility index (Phi) is 17.0. The maximum Gasteiger partial charge on any atom is 0.248 e. The number of nitrogens with zero attached hydrogens (tertiary/aromatic N) is 11. The Morgan fingerprint density at radius 1 is 0.576 bits per heavy atom. The van der Waals surface area contributed by atoms with E-state index in [-0.39, 0.29) is 11.0 Å². The van der Waals surface area contributed by atoms with Crippen LogP contribution in [-0.2, 0) is 9.84 Å². The highest BCUT2D eigenvalue weighted by molar-refractivity contribution is 7.98.